The predicted molar refractivity (Wildman–Crippen MR) is 63.2 cm³/mol. The first-order valence-corrected chi connectivity index (χ1v) is 5.60. The number of imide groups is 1. The summed E-state index contributed by atoms with van der Waals surface area (Å²) in [7, 11) is 0. The van der Waals surface area contributed by atoms with E-state index in [1.165, 1.54) is 0 Å². The first-order chi connectivity index (χ1) is 7.86. The fourth-order valence-corrected chi connectivity index (χ4v) is 1.87. The van der Waals surface area contributed by atoms with Crippen LogP contribution in [-0.2, 0) is 5.41 Å². The zero-order chi connectivity index (χ0) is 12.8. The van der Waals surface area contributed by atoms with Crippen LogP contribution in [0.5, 0.6) is 5.75 Å². The largest absolute Gasteiger partial charge is 0.507 e. The zero-order valence-corrected chi connectivity index (χ0v) is 10.1. The number of phenols is 1. The van der Waals surface area contributed by atoms with Crippen LogP contribution in [-0.4, -0.2) is 16.9 Å². The average Bonchev–Trinajstić information content (AvgIpc) is 2.55. The average molecular weight is 233 g/mol. The Morgan fingerprint density at radius 3 is 2.47 bits per heavy atom. The summed E-state index contributed by atoms with van der Waals surface area (Å²) in [5.74, 6) is -1.08. The molecule has 1 heterocycles. The van der Waals surface area contributed by atoms with E-state index in [1.807, 2.05) is 20.8 Å². The van der Waals surface area contributed by atoms with E-state index in [2.05, 4.69) is 5.32 Å². The van der Waals surface area contributed by atoms with E-state index in [1.54, 1.807) is 12.1 Å². The number of rotatable bonds is 2. The predicted octanol–water partition coefficient (Wildman–Crippen LogP) is 1.96. The highest BCUT2D eigenvalue weighted by Crippen LogP contribution is 2.34. The van der Waals surface area contributed by atoms with E-state index >= 15 is 0 Å². The zero-order valence-electron chi connectivity index (χ0n) is 10.1. The number of phenolic OH excluding ortho intramolecular Hbond substituents is 1. The minimum absolute atomic E-state index is 0.0886. The van der Waals surface area contributed by atoms with Gasteiger partial charge >= 0.3 is 0 Å². The Labute approximate surface area is 99.6 Å². The molecule has 4 nitrogen and oxygen atoms in total. The van der Waals surface area contributed by atoms with Gasteiger partial charge in [-0.25, -0.2) is 0 Å². The highest BCUT2D eigenvalue weighted by Gasteiger charge is 2.32. The first-order valence-electron chi connectivity index (χ1n) is 5.60. The van der Waals surface area contributed by atoms with Crippen LogP contribution in [0.1, 0.15) is 53.5 Å². The van der Waals surface area contributed by atoms with E-state index in [4.69, 9.17) is 0 Å². The fourth-order valence-electron chi connectivity index (χ4n) is 1.87. The molecule has 0 spiro atoms. The van der Waals surface area contributed by atoms with Gasteiger partial charge in [-0.1, -0.05) is 20.8 Å². The third kappa shape index (κ3) is 1.69. The molecule has 0 aliphatic carbocycles. The lowest BCUT2D eigenvalue weighted by Crippen LogP contribution is -2.20. The molecule has 0 bridgehead atoms. The summed E-state index contributed by atoms with van der Waals surface area (Å²) in [5.41, 5.74) is 1.08. The van der Waals surface area contributed by atoms with Crippen LogP contribution < -0.4 is 5.32 Å². The molecule has 90 valence electrons. The second kappa shape index (κ2) is 3.58. The Bertz CT molecular complexity index is 518. The molecule has 1 aromatic carbocycles. The quantitative estimate of drug-likeness (QED) is 0.767. The molecule has 1 aliphatic heterocycles. The maximum absolute atomic E-state index is 11.6. The summed E-state index contributed by atoms with van der Waals surface area (Å²) in [6.45, 7) is 6.10. The van der Waals surface area contributed by atoms with E-state index < -0.39 is 11.8 Å². The number of carbonyl (C=O) groups is 2. The van der Waals surface area contributed by atoms with Gasteiger partial charge in [0, 0.05) is 0 Å². The Balaban J connectivity index is 2.64. The van der Waals surface area contributed by atoms with Gasteiger partial charge in [0.15, 0.2) is 0 Å². The van der Waals surface area contributed by atoms with Gasteiger partial charge in [0.05, 0.1) is 11.1 Å². The SMILES string of the molecule is CCC(C)(C)c1cc(O)c2c(c1)C(=O)NC2=O. The van der Waals surface area contributed by atoms with Crippen molar-refractivity contribution in [3.8, 4) is 5.75 Å². The van der Waals surface area contributed by atoms with Gasteiger partial charge in [-0.05, 0) is 29.5 Å². The number of fused-ring (bicyclic) bond motifs is 1. The van der Waals surface area contributed by atoms with Crippen LogP contribution in [0.15, 0.2) is 12.1 Å². The van der Waals surface area contributed by atoms with Gasteiger partial charge < -0.3 is 5.11 Å². The van der Waals surface area contributed by atoms with E-state index in [9.17, 15) is 14.7 Å². The molecule has 0 saturated carbocycles. The molecule has 0 saturated heterocycles. The smallest absolute Gasteiger partial charge is 0.262 e. The minimum atomic E-state index is -0.525. The topological polar surface area (TPSA) is 66.4 Å². The van der Waals surface area contributed by atoms with Crippen LogP contribution in [0.25, 0.3) is 0 Å². The second-order valence-corrected chi connectivity index (χ2v) is 4.94. The van der Waals surface area contributed by atoms with Gasteiger partial charge in [-0.2, -0.15) is 0 Å². The molecule has 2 N–H and O–H groups in total. The fraction of sp³-hybridized carbons (Fsp3) is 0.385. The number of amides is 2. The Kier molecular flexibility index (Phi) is 2.45. The Hall–Kier alpha value is -1.84. The lowest BCUT2D eigenvalue weighted by atomic mass is 9.81. The molecule has 17 heavy (non-hydrogen) atoms. The highest BCUT2D eigenvalue weighted by atomic mass is 16.3. The molecule has 1 aromatic rings. The van der Waals surface area contributed by atoms with Gasteiger partial charge in [0.1, 0.15) is 5.75 Å². The summed E-state index contributed by atoms with van der Waals surface area (Å²) in [4.78, 5) is 23.0. The van der Waals surface area contributed by atoms with E-state index in [0.717, 1.165) is 12.0 Å². The van der Waals surface area contributed by atoms with Crippen LogP contribution >= 0.6 is 0 Å². The van der Waals surface area contributed by atoms with Crippen molar-refractivity contribution in [3.05, 3.63) is 28.8 Å². The van der Waals surface area contributed by atoms with Crippen molar-refractivity contribution >= 4 is 11.8 Å². The van der Waals surface area contributed by atoms with Crippen molar-refractivity contribution in [2.24, 2.45) is 0 Å². The number of hydrogen-bond acceptors (Lipinski definition) is 3. The third-order valence-electron chi connectivity index (χ3n) is 3.48. The van der Waals surface area contributed by atoms with E-state index in [0.29, 0.717) is 0 Å². The van der Waals surface area contributed by atoms with Crippen molar-refractivity contribution in [2.45, 2.75) is 32.6 Å². The van der Waals surface area contributed by atoms with Crippen molar-refractivity contribution < 1.29 is 14.7 Å². The molecular weight excluding hydrogens is 218 g/mol. The van der Waals surface area contributed by atoms with Crippen LogP contribution in [0.2, 0.25) is 0 Å². The molecule has 0 unspecified atom stereocenters. The molecule has 1 aliphatic rings. The lowest BCUT2D eigenvalue weighted by molar-refractivity contribution is 0.0879. The Morgan fingerprint density at radius 2 is 1.88 bits per heavy atom. The normalized spacial score (nSPS) is 14.8. The number of carbonyl (C=O) groups excluding carboxylic acids is 2. The maximum atomic E-state index is 11.6. The van der Waals surface area contributed by atoms with Gasteiger partial charge in [-0.3, -0.25) is 14.9 Å². The number of aromatic hydroxyl groups is 1. The van der Waals surface area contributed by atoms with E-state index in [-0.39, 0.29) is 22.3 Å². The first kappa shape index (κ1) is 11.6. The molecular formula is C13H15NO3. The Morgan fingerprint density at radius 1 is 1.24 bits per heavy atom. The summed E-state index contributed by atoms with van der Waals surface area (Å²) in [6.07, 6.45) is 0.876. The summed E-state index contributed by atoms with van der Waals surface area (Å²) in [6, 6.07) is 3.26. The van der Waals surface area contributed by atoms with Crippen molar-refractivity contribution in [3.63, 3.8) is 0 Å². The maximum Gasteiger partial charge on any atom is 0.262 e. The van der Waals surface area contributed by atoms with Crippen molar-refractivity contribution in [1.29, 1.82) is 0 Å². The summed E-state index contributed by atoms with van der Waals surface area (Å²) < 4.78 is 0. The van der Waals surface area contributed by atoms with Gasteiger partial charge in [-0.15, -0.1) is 0 Å². The molecule has 4 heteroatoms. The van der Waals surface area contributed by atoms with Gasteiger partial charge in [0.25, 0.3) is 11.8 Å². The number of nitrogens with one attached hydrogen (secondary N) is 1. The second-order valence-electron chi connectivity index (χ2n) is 4.94. The standard InChI is InChI=1S/C13H15NO3/c1-4-13(2,3)7-5-8-10(9(15)6-7)12(17)14-11(8)16/h5-6,15H,4H2,1-3H3,(H,14,16,17). The van der Waals surface area contributed by atoms with Gasteiger partial charge in [0.2, 0.25) is 0 Å². The molecule has 0 atom stereocenters. The molecule has 2 rings (SSSR count). The van der Waals surface area contributed by atoms with Crippen LogP contribution in [0.4, 0.5) is 0 Å². The summed E-state index contributed by atoms with van der Waals surface area (Å²) >= 11 is 0. The lowest BCUT2D eigenvalue weighted by Gasteiger charge is -2.24. The monoisotopic (exact) mass is 233 g/mol. The molecule has 0 fully saturated rings. The van der Waals surface area contributed by atoms with Crippen LogP contribution in [0.3, 0.4) is 0 Å². The molecule has 0 radical (unpaired) electrons. The van der Waals surface area contributed by atoms with Crippen molar-refractivity contribution in [1.82, 2.24) is 5.32 Å². The highest BCUT2D eigenvalue weighted by molar-refractivity contribution is 6.22. The molecule has 2 amide bonds. The number of hydrogen-bond donors (Lipinski definition) is 2. The van der Waals surface area contributed by atoms with Crippen LogP contribution in [0, 0.1) is 0 Å². The number of benzene rings is 1. The third-order valence-corrected chi connectivity index (χ3v) is 3.48. The van der Waals surface area contributed by atoms with Crippen molar-refractivity contribution in [2.75, 3.05) is 0 Å². The molecule has 0 aromatic heterocycles. The minimum Gasteiger partial charge on any atom is -0.507 e. The summed E-state index contributed by atoms with van der Waals surface area (Å²) in [5, 5.41) is 12.0.